The van der Waals surface area contributed by atoms with E-state index >= 15 is 0 Å². The molecule has 1 unspecified atom stereocenters. The van der Waals surface area contributed by atoms with Crippen LogP contribution in [-0.4, -0.2) is 23.1 Å². The van der Waals surface area contributed by atoms with Crippen LogP contribution < -0.4 is 4.90 Å². The Morgan fingerprint density at radius 3 is 1.65 bits per heavy atom. The van der Waals surface area contributed by atoms with Gasteiger partial charge in [0.2, 0.25) is 0 Å². The van der Waals surface area contributed by atoms with Crippen molar-refractivity contribution in [3.05, 3.63) is 96.6 Å². The number of hydrogen-bond donors (Lipinski definition) is 1. The molecular weight excluding hydrogens is 342 g/mol. The van der Waals surface area contributed by atoms with Gasteiger partial charge in [-0.15, -0.1) is 0 Å². The Bertz CT molecular complexity index is 800. The molecule has 0 amide bonds. The van der Waals surface area contributed by atoms with Gasteiger partial charge in [-0.05, 0) is 36.1 Å². The van der Waals surface area contributed by atoms with Crippen LogP contribution in [0.5, 0.6) is 0 Å². The summed E-state index contributed by atoms with van der Waals surface area (Å²) >= 11 is 1.53. The van der Waals surface area contributed by atoms with Crippen molar-refractivity contribution in [2.45, 2.75) is 5.54 Å². The van der Waals surface area contributed by atoms with Crippen LogP contribution in [0.4, 0.5) is 11.4 Å². The van der Waals surface area contributed by atoms with Crippen LogP contribution in [-0.2, 0) is 10.3 Å². The van der Waals surface area contributed by atoms with Crippen molar-refractivity contribution in [2.24, 2.45) is 0 Å². The number of anilines is 2. The maximum atomic E-state index is 12.7. The van der Waals surface area contributed by atoms with E-state index in [2.05, 4.69) is 0 Å². The SMILES string of the molecule is CSCC(C(=O)O)(c1ccccc1)N(c1ccccc1)c1ccccc1. The molecule has 0 spiro atoms. The summed E-state index contributed by atoms with van der Waals surface area (Å²) in [4.78, 5) is 14.7. The summed E-state index contributed by atoms with van der Waals surface area (Å²) < 4.78 is 0. The molecule has 0 aliphatic rings. The molecule has 1 N–H and O–H groups in total. The van der Waals surface area contributed by atoms with Crippen molar-refractivity contribution in [2.75, 3.05) is 16.9 Å². The summed E-state index contributed by atoms with van der Waals surface area (Å²) in [6.45, 7) is 0. The van der Waals surface area contributed by atoms with Crippen molar-refractivity contribution < 1.29 is 9.90 Å². The number of aliphatic carboxylic acids is 1. The lowest BCUT2D eigenvalue weighted by Gasteiger charge is -2.42. The minimum Gasteiger partial charge on any atom is -0.479 e. The van der Waals surface area contributed by atoms with Gasteiger partial charge in [0.05, 0.1) is 0 Å². The van der Waals surface area contributed by atoms with Gasteiger partial charge in [-0.1, -0.05) is 66.7 Å². The fourth-order valence-electron chi connectivity index (χ4n) is 3.22. The number of rotatable bonds is 7. The van der Waals surface area contributed by atoms with E-state index in [9.17, 15) is 9.90 Å². The second-order valence-corrected chi connectivity index (χ2v) is 6.84. The minimum absolute atomic E-state index is 0.413. The van der Waals surface area contributed by atoms with E-state index < -0.39 is 11.5 Å². The standard InChI is InChI=1S/C22H21NO2S/c1-26-17-22(21(24)25,18-11-5-2-6-12-18)23(19-13-7-3-8-14-19)20-15-9-4-10-16-20/h2-16H,17H2,1H3,(H,24,25). The molecule has 0 saturated carbocycles. The maximum Gasteiger partial charge on any atom is 0.335 e. The van der Waals surface area contributed by atoms with Crippen LogP contribution in [0, 0.1) is 0 Å². The molecule has 0 heterocycles. The van der Waals surface area contributed by atoms with Crippen molar-refractivity contribution in [3.8, 4) is 0 Å². The lowest BCUT2D eigenvalue weighted by molar-refractivity contribution is -0.142. The molecule has 26 heavy (non-hydrogen) atoms. The highest BCUT2D eigenvalue weighted by atomic mass is 32.2. The summed E-state index contributed by atoms with van der Waals surface area (Å²) in [7, 11) is 0. The van der Waals surface area contributed by atoms with Crippen molar-refractivity contribution in [3.63, 3.8) is 0 Å². The highest BCUT2D eigenvalue weighted by molar-refractivity contribution is 7.98. The first kappa shape index (κ1) is 18.1. The molecule has 1 atom stereocenters. The van der Waals surface area contributed by atoms with E-state index in [1.807, 2.05) is 102 Å². The molecule has 0 radical (unpaired) electrons. The van der Waals surface area contributed by atoms with Crippen LogP contribution in [0.1, 0.15) is 5.56 Å². The van der Waals surface area contributed by atoms with Crippen LogP contribution in [0.15, 0.2) is 91.0 Å². The zero-order valence-electron chi connectivity index (χ0n) is 14.6. The molecule has 4 heteroatoms. The highest BCUT2D eigenvalue weighted by Gasteiger charge is 2.46. The monoisotopic (exact) mass is 363 g/mol. The van der Waals surface area contributed by atoms with Crippen LogP contribution >= 0.6 is 11.8 Å². The highest BCUT2D eigenvalue weighted by Crippen LogP contribution is 2.41. The quantitative estimate of drug-likeness (QED) is 0.629. The van der Waals surface area contributed by atoms with Gasteiger partial charge in [0.25, 0.3) is 0 Å². The number of hydrogen-bond acceptors (Lipinski definition) is 3. The number of carbonyl (C=O) groups is 1. The van der Waals surface area contributed by atoms with Gasteiger partial charge >= 0.3 is 5.97 Å². The maximum absolute atomic E-state index is 12.7. The summed E-state index contributed by atoms with van der Waals surface area (Å²) in [6, 6.07) is 28.9. The zero-order valence-corrected chi connectivity index (χ0v) is 15.4. The first-order valence-electron chi connectivity index (χ1n) is 8.38. The Balaban J connectivity index is 2.31. The van der Waals surface area contributed by atoms with Gasteiger partial charge in [0, 0.05) is 17.1 Å². The predicted molar refractivity (Wildman–Crippen MR) is 109 cm³/mol. The molecule has 0 aliphatic heterocycles. The van der Waals surface area contributed by atoms with E-state index in [4.69, 9.17) is 0 Å². The number of thioether (sulfide) groups is 1. The van der Waals surface area contributed by atoms with Crippen LogP contribution in [0.2, 0.25) is 0 Å². The fraction of sp³-hybridized carbons (Fsp3) is 0.136. The number of benzene rings is 3. The van der Waals surface area contributed by atoms with E-state index in [1.54, 1.807) is 0 Å². The fourth-order valence-corrected chi connectivity index (χ4v) is 4.06. The number of para-hydroxylation sites is 2. The molecule has 3 nitrogen and oxygen atoms in total. The Labute approximate surface area is 158 Å². The van der Waals surface area contributed by atoms with Crippen LogP contribution in [0.3, 0.4) is 0 Å². The summed E-state index contributed by atoms with van der Waals surface area (Å²) in [5, 5.41) is 10.4. The summed E-state index contributed by atoms with van der Waals surface area (Å²) in [5.41, 5.74) is 1.23. The van der Waals surface area contributed by atoms with E-state index in [-0.39, 0.29) is 0 Å². The molecule has 3 aromatic rings. The molecular formula is C22H21NO2S. The average molecular weight is 363 g/mol. The lowest BCUT2D eigenvalue weighted by Crippen LogP contribution is -2.52. The first-order chi connectivity index (χ1) is 12.7. The average Bonchev–Trinajstić information content (AvgIpc) is 2.69. The minimum atomic E-state index is -1.22. The normalized spacial score (nSPS) is 13.0. The second kappa shape index (κ2) is 8.11. The number of carboxylic acid groups (broad SMARTS) is 1. The Morgan fingerprint density at radius 1 is 0.846 bits per heavy atom. The molecule has 0 aromatic heterocycles. The Hall–Kier alpha value is -2.72. The number of carboxylic acids is 1. The van der Waals surface area contributed by atoms with Gasteiger partial charge in [0.1, 0.15) is 0 Å². The van der Waals surface area contributed by atoms with Gasteiger partial charge in [-0.2, -0.15) is 11.8 Å². The molecule has 0 bridgehead atoms. The Kier molecular flexibility index (Phi) is 5.64. The van der Waals surface area contributed by atoms with Crippen molar-refractivity contribution >= 4 is 29.1 Å². The molecule has 3 rings (SSSR count). The van der Waals surface area contributed by atoms with Crippen molar-refractivity contribution in [1.82, 2.24) is 0 Å². The van der Waals surface area contributed by atoms with Gasteiger partial charge in [-0.25, -0.2) is 4.79 Å². The molecule has 132 valence electrons. The molecule has 3 aromatic carbocycles. The Morgan fingerprint density at radius 2 is 1.27 bits per heavy atom. The summed E-state index contributed by atoms with van der Waals surface area (Å²) in [6.07, 6.45) is 1.94. The summed E-state index contributed by atoms with van der Waals surface area (Å²) in [5.74, 6) is -0.457. The smallest absolute Gasteiger partial charge is 0.335 e. The molecule has 0 aliphatic carbocycles. The van der Waals surface area contributed by atoms with E-state index in [0.717, 1.165) is 16.9 Å². The first-order valence-corrected chi connectivity index (χ1v) is 9.77. The van der Waals surface area contributed by atoms with Gasteiger partial charge in [0.15, 0.2) is 5.54 Å². The zero-order chi connectivity index (χ0) is 18.4. The third-order valence-electron chi connectivity index (χ3n) is 4.37. The second-order valence-electron chi connectivity index (χ2n) is 5.97. The third kappa shape index (κ3) is 3.33. The largest absolute Gasteiger partial charge is 0.479 e. The van der Waals surface area contributed by atoms with E-state index in [0.29, 0.717) is 5.75 Å². The topological polar surface area (TPSA) is 40.5 Å². The molecule has 0 fully saturated rings. The third-order valence-corrected chi connectivity index (χ3v) is 5.08. The van der Waals surface area contributed by atoms with Gasteiger partial charge < -0.3 is 10.0 Å². The van der Waals surface area contributed by atoms with Crippen LogP contribution in [0.25, 0.3) is 0 Å². The number of nitrogens with zero attached hydrogens (tertiary/aromatic N) is 1. The van der Waals surface area contributed by atoms with Gasteiger partial charge in [-0.3, -0.25) is 0 Å². The van der Waals surface area contributed by atoms with Crippen molar-refractivity contribution in [1.29, 1.82) is 0 Å². The predicted octanol–water partition coefficient (Wildman–Crippen LogP) is 5.17. The lowest BCUT2D eigenvalue weighted by atomic mass is 9.88. The van der Waals surface area contributed by atoms with E-state index in [1.165, 1.54) is 11.8 Å². The molecule has 0 saturated heterocycles.